The monoisotopic (exact) mass is 402 g/mol. The van der Waals surface area contributed by atoms with Crippen LogP contribution in [0, 0.1) is 5.92 Å². The Morgan fingerprint density at radius 3 is 1.72 bits per heavy atom. The lowest BCUT2D eigenvalue weighted by Crippen LogP contribution is -2.28. The minimum Gasteiger partial charge on any atom is -0.496 e. The average molecular weight is 402 g/mol. The van der Waals surface area contributed by atoms with Crippen molar-refractivity contribution in [3.05, 3.63) is 53.6 Å². The van der Waals surface area contributed by atoms with E-state index < -0.39 is 23.8 Å². The van der Waals surface area contributed by atoms with Crippen molar-refractivity contribution in [1.82, 2.24) is 0 Å². The van der Waals surface area contributed by atoms with Gasteiger partial charge in [0.2, 0.25) is 0 Å². The quantitative estimate of drug-likeness (QED) is 0.471. The summed E-state index contributed by atoms with van der Waals surface area (Å²) in [4.78, 5) is 24.6. The maximum absolute atomic E-state index is 12.3. The van der Waals surface area contributed by atoms with Crippen molar-refractivity contribution >= 4 is 11.9 Å². The summed E-state index contributed by atoms with van der Waals surface area (Å²) in [7, 11) is 7.11. The molecule has 0 fully saturated rings. The minimum absolute atomic E-state index is 0.114. The van der Waals surface area contributed by atoms with Crippen LogP contribution in [0.5, 0.6) is 17.2 Å². The molecule has 0 aliphatic heterocycles. The molecule has 0 saturated carbocycles. The van der Waals surface area contributed by atoms with Crippen molar-refractivity contribution in [2.24, 2.45) is 5.92 Å². The second-order valence-corrected chi connectivity index (χ2v) is 6.24. The zero-order valence-electron chi connectivity index (χ0n) is 17.3. The van der Waals surface area contributed by atoms with Gasteiger partial charge in [-0.15, -0.1) is 0 Å². The van der Waals surface area contributed by atoms with Gasteiger partial charge in [-0.05, 0) is 12.0 Å². The number of hydrogen-bond acceptors (Lipinski definition) is 7. The Morgan fingerprint density at radius 2 is 1.31 bits per heavy atom. The molecule has 0 saturated heterocycles. The largest absolute Gasteiger partial charge is 0.496 e. The lowest BCUT2D eigenvalue weighted by atomic mass is 9.82. The maximum Gasteiger partial charge on any atom is 0.320 e. The van der Waals surface area contributed by atoms with Crippen molar-refractivity contribution in [2.75, 3.05) is 35.5 Å². The van der Waals surface area contributed by atoms with Crippen LogP contribution in [0.25, 0.3) is 0 Å². The van der Waals surface area contributed by atoms with E-state index in [0.29, 0.717) is 22.8 Å². The fraction of sp³-hybridized carbons (Fsp3) is 0.364. The normalized spacial score (nSPS) is 11.5. The van der Waals surface area contributed by atoms with E-state index in [2.05, 4.69) is 0 Å². The third kappa shape index (κ3) is 4.99. The van der Waals surface area contributed by atoms with Crippen LogP contribution in [0.15, 0.2) is 42.5 Å². The summed E-state index contributed by atoms with van der Waals surface area (Å²) in [6.07, 6.45) is 0.114. The number of rotatable bonds is 9. The molecule has 29 heavy (non-hydrogen) atoms. The predicted octanol–water partition coefficient (Wildman–Crippen LogP) is 3.20. The first kappa shape index (κ1) is 22.1. The molecule has 2 aromatic rings. The van der Waals surface area contributed by atoms with Crippen molar-refractivity contribution in [3.8, 4) is 17.2 Å². The highest BCUT2D eigenvalue weighted by Crippen LogP contribution is 2.44. The molecule has 1 unspecified atom stereocenters. The molecule has 7 nitrogen and oxygen atoms in total. The van der Waals surface area contributed by atoms with Gasteiger partial charge in [0.05, 0.1) is 35.5 Å². The van der Waals surface area contributed by atoms with Crippen LogP contribution in [0.1, 0.15) is 23.5 Å². The van der Waals surface area contributed by atoms with E-state index in [9.17, 15) is 9.59 Å². The van der Waals surface area contributed by atoms with Gasteiger partial charge in [0.1, 0.15) is 17.2 Å². The molecule has 7 heteroatoms. The fourth-order valence-electron chi connectivity index (χ4n) is 3.29. The second-order valence-electron chi connectivity index (χ2n) is 6.24. The van der Waals surface area contributed by atoms with Crippen molar-refractivity contribution < 1.29 is 33.3 Å². The molecule has 0 aliphatic rings. The summed E-state index contributed by atoms with van der Waals surface area (Å²) in [5, 5.41) is 0. The standard InChI is InChI=1S/C22H26O7/c1-25-15-11-18(26-2)20(19(12-15)27-3)16(14-9-7-6-8-10-14)13-17(21(23)28-4)22(24)29-5/h6-12,16-17H,13H2,1-5H3. The molecule has 2 rings (SSSR count). The second kappa shape index (κ2) is 10.4. The highest BCUT2D eigenvalue weighted by Gasteiger charge is 2.35. The Labute approximate surface area is 170 Å². The van der Waals surface area contributed by atoms with E-state index in [-0.39, 0.29) is 6.42 Å². The van der Waals surface area contributed by atoms with Crippen LogP contribution >= 0.6 is 0 Å². The number of benzene rings is 2. The topological polar surface area (TPSA) is 80.3 Å². The van der Waals surface area contributed by atoms with Crippen LogP contribution in [-0.2, 0) is 19.1 Å². The first-order chi connectivity index (χ1) is 14.0. The van der Waals surface area contributed by atoms with Gasteiger partial charge >= 0.3 is 11.9 Å². The van der Waals surface area contributed by atoms with Gasteiger partial charge in [-0.1, -0.05) is 30.3 Å². The van der Waals surface area contributed by atoms with Crippen molar-refractivity contribution in [2.45, 2.75) is 12.3 Å². The summed E-state index contributed by atoms with van der Waals surface area (Å²) in [6.45, 7) is 0. The van der Waals surface area contributed by atoms with Gasteiger partial charge < -0.3 is 23.7 Å². The molecule has 156 valence electrons. The van der Waals surface area contributed by atoms with Gasteiger partial charge in [-0.25, -0.2) is 0 Å². The van der Waals surface area contributed by atoms with Gasteiger partial charge in [0, 0.05) is 23.6 Å². The van der Waals surface area contributed by atoms with Crippen LogP contribution in [0.3, 0.4) is 0 Å². The molecule has 0 spiro atoms. The molecular formula is C22H26O7. The van der Waals surface area contributed by atoms with Gasteiger partial charge in [0.15, 0.2) is 5.92 Å². The van der Waals surface area contributed by atoms with Gasteiger partial charge in [-0.3, -0.25) is 9.59 Å². The summed E-state index contributed by atoms with van der Waals surface area (Å²) in [6, 6.07) is 13.0. The Balaban J connectivity index is 2.67. The van der Waals surface area contributed by atoms with E-state index >= 15 is 0 Å². The molecule has 0 N–H and O–H groups in total. The van der Waals surface area contributed by atoms with Crippen LogP contribution in [0.4, 0.5) is 0 Å². The van der Waals surface area contributed by atoms with Crippen molar-refractivity contribution in [3.63, 3.8) is 0 Å². The zero-order chi connectivity index (χ0) is 21.4. The highest BCUT2D eigenvalue weighted by atomic mass is 16.5. The van der Waals surface area contributed by atoms with E-state index in [1.807, 2.05) is 30.3 Å². The number of ether oxygens (including phenoxy) is 5. The van der Waals surface area contributed by atoms with Crippen LogP contribution < -0.4 is 14.2 Å². The lowest BCUT2D eigenvalue weighted by Gasteiger charge is -2.25. The molecule has 0 aliphatic carbocycles. The van der Waals surface area contributed by atoms with E-state index in [0.717, 1.165) is 5.56 Å². The smallest absolute Gasteiger partial charge is 0.320 e. The molecule has 0 radical (unpaired) electrons. The highest BCUT2D eigenvalue weighted by molar-refractivity contribution is 5.95. The SMILES string of the molecule is COC(=O)C(CC(c1ccccc1)c1c(OC)cc(OC)cc1OC)C(=O)OC. The van der Waals surface area contributed by atoms with Crippen molar-refractivity contribution in [1.29, 1.82) is 0 Å². The zero-order valence-corrected chi connectivity index (χ0v) is 17.3. The fourth-order valence-corrected chi connectivity index (χ4v) is 3.29. The minimum atomic E-state index is -1.10. The Bertz CT molecular complexity index is 791. The average Bonchev–Trinajstić information content (AvgIpc) is 2.78. The number of carbonyl (C=O) groups is 2. The Kier molecular flexibility index (Phi) is 7.88. The number of esters is 2. The summed E-state index contributed by atoms with van der Waals surface area (Å²) in [5.41, 5.74) is 1.58. The molecule has 0 amide bonds. The molecule has 0 heterocycles. The van der Waals surface area contributed by atoms with Gasteiger partial charge in [-0.2, -0.15) is 0 Å². The van der Waals surface area contributed by atoms with Crippen LogP contribution in [0.2, 0.25) is 0 Å². The Hall–Kier alpha value is -3.22. The van der Waals surface area contributed by atoms with E-state index in [1.165, 1.54) is 28.4 Å². The third-order valence-corrected chi connectivity index (χ3v) is 4.75. The number of hydrogen-bond donors (Lipinski definition) is 0. The molecule has 1 atom stereocenters. The first-order valence-corrected chi connectivity index (χ1v) is 9.01. The maximum atomic E-state index is 12.3. The summed E-state index contributed by atoms with van der Waals surface area (Å²) >= 11 is 0. The molecular weight excluding hydrogens is 376 g/mol. The Morgan fingerprint density at radius 1 is 0.793 bits per heavy atom. The molecule has 0 bridgehead atoms. The first-order valence-electron chi connectivity index (χ1n) is 9.01. The molecule has 2 aromatic carbocycles. The third-order valence-electron chi connectivity index (χ3n) is 4.75. The van der Waals surface area contributed by atoms with Crippen LogP contribution in [-0.4, -0.2) is 47.5 Å². The lowest BCUT2D eigenvalue weighted by molar-refractivity contribution is -0.159. The summed E-state index contributed by atoms with van der Waals surface area (Å²) in [5.74, 6) is -1.24. The summed E-state index contributed by atoms with van der Waals surface area (Å²) < 4.78 is 26.2. The number of methoxy groups -OCH3 is 5. The number of carbonyl (C=O) groups excluding carboxylic acids is 2. The van der Waals surface area contributed by atoms with E-state index in [1.54, 1.807) is 19.2 Å². The predicted molar refractivity (Wildman–Crippen MR) is 107 cm³/mol. The molecule has 0 aromatic heterocycles. The van der Waals surface area contributed by atoms with Gasteiger partial charge in [0.25, 0.3) is 0 Å². The van der Waals surface area contributed by atoms with E-state index in [4.69, 9.17) is 23.7 Å².